The topological polar surface area (TPSA) is 73.1 Å². The van der Waals surface area contributed by atoms with Crippen LogP contribution in [0.1, 0.15) is 23.6 Å². The summed E-state index contributed by atoms with van der Waals surface area (Å²) in [7, 11) is 0. The van der Waals surface area contributed by atoms with Crippen LogP contribution in [0.2, 0.25) is 0 Å². The molecule has 1 N–H and O–H groups in total. The Morgan fingerprint density at radius 1 is 1.22 bits per heavy atom. The summed E-state index contributed by atoms with van der Waals surface area (Å²) in [6.07, 6.45) is 3.49. The Balaban J connectivity index is 1.80. The Hall–Kier alpha value is -3.28. The number of fused-ring (bicyclic) bond motifs is 1. The van der Waals surface area contributed by atoms with Crippen molar-refractivity contribution >= 4 is 23.1 Å². The minimum absolute atomic E-state index is 0.464. The number of aryl methyl sites for hydroxylation is 2. The largest absolute Gasteiger partial charge is 0.489 e. The Bertz CT molecular complexity index is 958. The molecule has 0 unspecified atom stereocenters. The van der Waals surface area contributed by atoms with Gasteiger partial charge in [0.2, 0.25) is 6.61 Å². The molecule has 2 aromatic carbocycles. The van der Waals surface area contributed by atoms with Crippen molar-refractivity contribution < 1.29 is 19.5 Å². The summed E-state index contributed by atoms with van der Waals surface area (Å²) in [6, 6.07) is 14.2. The predicted molar refractivity (Wildman–Crippen MR) is 104 cm³/mol. The number of aliphatic carboxylic acids is 1. The normalized spacial score (nSPS) is 11.2. The quantitative estimate of drug-likeness (QED) is 0.483. The lowest BCUT2D eigenvalue weighted by Crippen LogP contribution is -2.03. The number of carboxylic acids is 1. The zero-order valence-corrected chi connectivity index (χ0v) is 15.4. The van der Waals surface area contributed by atoms with E-state index in [4.69, 9.17) is 14.7 Å². The SMILES string of the molecule is CCn1cc(C=NOCC(=O)O)c2cc(OCc3ccc(C)cc3)ccc21. The smallest absolute Gasteiger partial charge is 0.344 e. The van der Waals surface area contributed by atoms with Gasteiger partial charge < -0.3 is 19.2 Å². The molecule has 0 spiro atoms. The number of carbonyl (C=O) groups is 1. The maximum absolute atomic E-state index is 10.5. The fraction of sp³-hybridized carbons (Fsp3) is 0.238. The van der Waals surface area contributed by atoms with E-state index in [1.807, 2.05) is 24.4 Å². The molecule has 0 amide bonds. The van der Waals surface area contributed by atoms with Crippen LogP contribution < -0.4 is 4.74 Å². The molecule has 0 aliphatic carbocycles. The standard InChI is InChI=1S/C21H22N2O4/c1-3-23-12-17(11-22-27-14-21(24)25)19-10-18(8-9-20(19)23)26-13-16-6-4-15(2)5-7-16/h4-12H,3,13-14H2,1-2H3,(H,24,25). The summed E-state index contributed by atoms with van der Waals surface area (Å²) < 4.78 is 8.03. The molecule has 27 heavy (non-hydrogen) atoms. The van der Waals surface area contributed by atoms with Gasteiger partial charge in [-0.1, -0.05) is 35.0 Å². The maximum Gasteiger partial charge on any atom is 0.344 e. The molecule has 0 aliphatic rings. The molecular weight excluding hydrogens is 344 g/mol. The number of nitrogens with zero attached hydrogens (tertiary/aromatic N) is 2. The van der Waals surface area contributed by atoms with E-state index in [2.05, 4.69) is 47.8 Å². The molecule has 6 nitrogen and oxygen atoms in total. The van der Waals surface area contributed by atoms with E-state index < -0.39 is 12.6 Å². The maximum atomic E-state index is 10.5. The van der Waals surface area contributed by atoms with Crippen LogP contribution in [0.3, 0.4) is 0 Å². The average molecular weight is 366 g/mol. The number of carboxylic acid groups (broad SMARTS) is 1. The fourth-order valence-electron chi connectivity index (χ4n) is 2.80. The highest BCUT2D eigenvalue weighted by Crippen LogP contribution is 2.26. The molecule has 3 rings (SSSR count). The van der Waals surface area contributed by atoms with Crippen molar-refractivity contribution in [3.8, 4) is 5.75 Å². The van der Waals surface area contributed by atoms with Gasteiger partial charge in [-0.3, -0.25) is 0 Å². The van der Waals surface area contributed by atoms with E-state index >= 15 is 0 Å². The number of oxime groups is 1. The van der Waals surface area contributed by atoms with Gasteiger partial charge in [0.25, 0.3) is 0 Å². The number of aromatic nitrogens is 1. The van der Waals surface area contributed by atoms with Crippen LogP contribution in [0.5, 0.6) is 5.75 Å². The van der Waals surface area contributed by atoms with Gasteiger partial charge in [0.15, 0.2) is 0 Å². The summed E-state index contributed by atoms with van der Waals surface area (Å²) in [5, 5.41) is 13.3. The van der Waals surface area contributed by atoms with E-state index in [9.17, 15) is 4.79 Å². The minimum Gasteiger partial charge on any atom is -0.489 e. The van der Waals surface area contributed by atoms with Gasteiger partial charge in [-0.15, -0.1) is 0 Å². The number of rotatable bonds is 8. The van der Waals surface area contributed by atoms with Gasteiger partial charge in [0.1, 0.15) is 12.4 Å². The van der Waals surface area contributed by atoms with Gasteiger partial charge in [-0.05, 0) is 37.6 Å². The third-order valence-electron chi connectivity index (χ3n) is 4.20. The summed E-state index contributed by atoms with van der Waals surface area (Å²) in [6.45, 7) is 4.95. The first-order chi connectivity index (χ1) is 13.1. The molecule has 0 bridgehead atoms. The van der Waals surface area contributed by atoms with Crippen molar-refractivity contribution in [1.82, 2.24) is 4.57 Å². The molecule has 0 saturated heterocycles. The van der Waals surface area contributed by atoms with Crippen LogP contribution in [-0.4, -0.2) is 28.5 Å². The van der Waals surface area contributed by atoms with Crippen LogP contribution in [-0.2, 0) is 22.8 Å². The van der Waals surface area contributed by atoms with E-state index in [1.165, 1.54) is 11.8 Å². The van der Waals surface area contributed by atoms with E-state index in [-0.39, 0.29) is 0 Å². The average Bonchev–Trinajstić information content (AvgIpc) is 3.02. The molecular formula is C21H22N2O4. The Morgan fingerprint density at radius 2 is 2.00 bits per heavy atom. The second-order valence-electron chi connectivity index (χ2n) is 6.23. The summed E-state index contributed by atoms with van der Waals surface area (Å²) in [5.41, 5.74) is 4.23. The van der Waals surface area contributed by atoms with Gasteiger partial charge in [-0.25, -0.2) is 4.79 Å². The minimum atomic E-state index is -1.06. The Labute approximate surface area is 157 Å². The van der Waals surface area contributed by atoms with Gasteiger partial charge >= 0.3 is 5.97 Å². The van der Waals surface area contributed by atoms with Crippen LogP contribution >= 0.6 is 0 Å². The van der Waals surface area contributed by atoms with Gasteiger partial charge in [0, 0.05) is 29.2 Å². The summed E-state index contributed by atoms with van der Waals surface area (Å²) >= 11 is 0. The number of hydrogen-bond acceptors (Lipinski definition) is 4. The first-order valence-electron chi connectivity index (χ1n) is 8.75. The fourth-order valence-corrected chi connectivity index (χ4v) is 2.80. The molecule has 0 aliphatic heterocycles. The third kappa shape index (κ3) is 4.67. The number of hydrogen-bond donors (Lipinski definition) is 1. The lowest BCUT2D eigenvalue weighted by atomic mass is 10.1. The first-order valence-corrected chi connectivity index (χ1v) is 8.75. The van der Waals surface area contributed by atoms with Crippen LogP contribution in [0.4, 0.5) is 0 Å². The monoisotopic (exact) mass is 366 g/mol. The van der Waals surface area contributed by atoms with E-state index in [0.29, 0.717) is 6.61 Å². The molecule has 1 aromatic heterocycles. The molecule has 0 saturated carbocycles. The van der Waals surface area contributed by atoms with Crippen molar-refractivity contribution in [3.05, 3.63) is 65.4 Å². The lowest BCUT2D eigenvalue weighted by Gasteiger charge is -2.08. The molecule has 6 heteroatoms. The summed E-state index contributed by atoms with van der Waals surface area (Å²) in [4.78, 5) is 15.3. The lowest BCUT2D eigenvalue weighted by molar-refractivity contribution is -0.142. The van der Waals surface area contributed by atoms with Crippen molar-refractivity contribution in [2.45, 2.75) is 27.0 Å². The van der Waals surface area contributed by atoms with E-state index in [0.717, 1.165) is 34.3 Å². The van der Waals surface area contributed by atoms with Crippen LogP contribution in [0.15, 0.2) is 53.8 Å². The zero-order chi connectivity index (χ0) is 19.2. The van der Waals surface area contributed by atoms with E-state index in [1.54, 1.807) is 0 Å². The van der Waals surface area contributed by atoms with Gasteiger partial charge in [-0.2, -0.15) is 0 Å². The highest BCUT2D eigenvalue weighted by molar-refractivity contribution is 5.99. The predicted octanol–water partition coefficient (Wildman–Crippen LogP) is 3.98. The second kappa shape index (κ2) is 8.40. The molecule has 0 radical (unpaired) electrons. The number of benzene rings is 2. The first kappa shape index (κ1) is 18.5. The highest BCUT2D eigenvalue weighted by Gasteiger charge is 2.08. The molecule has 1 heterocycles. The van der Waals surface area contributed by atoms with Crippen LogP contribution in [0.25, 0.3) is 10.9 Å². The molecule has 0 atom stereocenters. The molecule has 3 aromatic rings. The molecule has 0 fully saturated rings. The second-order valence-corrected chi connectivity index (χ2v) is 6.23. The Kier molecular flexibility index (Phi) is 5.76. The zero-order valence-electron chi connectivity index (χ0n) is 15.4. The van der Waals surface area contributed by atoms with Crippen molar-refractivity contribution in [3.63, 3.8) is 0 Å². The highest BCUT2D eigenvalue weighted by atomic mass is 16.6. The van der Waals surface area contributed by atoms with Crippen molar-refractivity contribution in [1.29, 1.82) is 0 Å². The van der Waals surface area contributed by atoms with Crippen LogP contribution in [0, 0.1) is 6.92 Å². The third-order valence-corrected chi connectivity index (χ3v) is 4.20. The number of ether oxygens (including phenoxy) is 1. The van der Waals surface area contributed by atoms with Crippen molar-refractivity contribution in [2.24, 2.45) is 5.16 Å². The summed E-state index contributed by atoms with van der Waals surface area (Å²) in [5.74, 6) is -0.298. The van der Waals surface area contributed by atoms with Gasteiger partial charge in [0.05, 0.1) is 6.21 Å². The molecule has 140 valence electrons. The van der Waals surface area contributed by atoms with Crippen molar-refractivity contribution in [2.75, 3.05) is 6.61 Å². The Morgan fingerprint density at radius 3 is 2.70 bits per heavy atom.